The number of benzene rings is 1. The smallest absolute Gasteiger partial charge is 0.137 e. The molecule has 1 fully saturated rings. The minimum atomic E-state index is 0. The summed E-state index contributed by atoms with van der Waals surface area (Å²) < 4.78 is 5.74. The first kappa shape index (κ1) is 17.6. The van der Waals surface area contributed by atoms with Crippen LogP contribution < -0.4 is 10.5 Å². The molecule has 1 aliphatic rings. The lowest BCUT2D eigenvalue weighted by atomic mass is 9.92. The first-order valence-electron chi connectivity index (χ1n) is 7.02. The molecule has 3 nitrogen and oxygen atoms in total. The average Bonchev–Trinajstić information content (AvgIpc) is 2.42. The molecular weight excluding hydrogens is 295 g/mol. The molecule has 0 saturated carbocycles. The van der Waals surface area contributed by atoms with Crippen molar-refractivity contribution < 1.29 is 4.74 Å². The van der Waals surface area contributed by atoms with Crippen LogP contribution in [-0.2, 0) is 0 Å². The Labute approximate surface area is 132 Å². The molecule has 20 heavy (non-hydrogen) atoms. The van der Waals surface area contributed by atoms with Gasteiger partial charge in [-0.3, -0.25) is 4.90 Å². The summed E-state index contributed by atoms with van der Waals surface area (Å²) in [6.45, 7) is 5.74. The Hall–Kier alpha value is -0.480. The first-order chi connectivity index (χ1) is 9.20. The van der Waals surface area contributed by atoms with Gasteiger partial charge in [-0.25, -0.2) is 0 Å². The highest BCUT2D eigenvalue weighted by Gasteiger charge is 2.24. The quantitative estimate of drug-likeness (QED) is 0.906. The molecule has 0 bridgehead atoms. The fourth-order valence-corrected chi connectivity index (χ4v) is 2.86. The van der Waals surface area contributed by atoms with E-state index >= 15 is 0 Å². The topological polar surface area (TPSA) is 38.5 Å². The van der Waals surface area contributed by atoms with E-state index in [9.17, 15) is 0 Å². The number of nitrogens with zero attached hydrogens (tertiary/aromatic N) is 1. The fraction of sp³-hybridized carbons (Fsp3) is 0.600. The molecule has 0 aromatic heterocycles. The number of rotatable bonds is 5. The normalized spacial score (nSPS) is 23.1. The summed E-state index contributed by atoms with van der Waals surface area (Å²) in [5, 5.41) is 0.671. The van der Waals surface area contributed by atoms with Crippen LogP contribution in [-0.4, -0.2) is 37.2 Å². The highest BCUT2D eigenvalue weighted by molar-refractivity contribution is 6.32. The van der Waals surface area contributed by atoms with Crippen molar-refractivity contribution in [1.82, 2.24) is 4.90 Å². The van der Waals surface area contributed by atoms with Crippen molar-refractivity contribution >= 4 is 24.0 Å². The number of likely N-dealkylation sites (tertiary alicyclic amines) is 1. The van der Waals surface area contributed by atoms with Crippen molar-refractivity contribution in [2.24, 2.45) is 11.7 Å². The van der Waals surface area contributed by atoms with E-state index in [2.05, 4.69) is 11.8 Å². The van der Waals surface area contributed by atoms with E-state index in [-0.39, 0.29) is 12.4 Å². The van der Waals surface area contributed by atoms with Crippen LogP contribution in [0.5, 0.6) is 5.75 Å². The number of halogens is 2. The molecular formula is C15H24Cl2N2O. The summed E-state index contributed by atoms with van der Waals surface area (Å²) in [5.41, 5.74) is 5.86. The van der Waals surface area contributed by atoms with Gasteiger partial charge in [-0.05, 0) is 37.4 Å². The molecule has 114 valence electrons. The zero-order valence-corrected chi connectivity index (χ0v) is 13.5. The molecule has 1 heterocycles. The zero-order chi connectivity index (χ0) is 13.7. The molecule has 0 radical (unpaired) electrons. The Morgan fingerprint density at radius 3 is 2.85 bits per heavy atom. The number of hydrogen-bond acceptors (Lipinski definition) is 3. The Balaban J connectivity index is 0.00000200. The lowest BCUT2D eigenvalue weighted by molar-refractivity contribution is 0.103. The maximum atomic E-state index is 6.06. The molecule has 2 rings (SSSR count). The van der Waals surface area contributed by atoms with Gasteiger partial charge in [0.25, 0.3) is 0 Å². The third kappa shape index (κ3) is 4.81. The second-order valence-electron chi connectivity index (χ2n) is 5.33. The van der Waals surface area contributed by atoms with Crippen LogP contribution in [0.25, 0.3) is 0 Å². The van der Waals surface area contributed by atoms with Gasteiger partial charge < -0.3 is 10.5 Å². The minimum Gasteiger partial charge on any atom is -0.491 e. The first-order valence-corrected chi connectivity index (χ1v) is 7.40. The van der Waals surface area contributed by atoms with Gasteiger partial charge in [0.1, 0.15) is 12.4 Å². The van der Waals surface area contributed by atoms with E-state index in [0.717, 1.165) is 31.3 Å². The van der Waals surface area contributed by atoms with Gasteiger partial charge in [-0.2, -0.15) is 0 Å². The van der Waals surface area contributed by atoms with Crippen molar-refractivity contribution in [3.8, 4) is 5.75 Å². The number of hydrogen-bond donors (Lipinski definition) is 1. The summed E-state index contributed by atoms with van der Waals surface area (Å²) in [6.07, 6.45) is 2.45. The molecule has 2 unspecified atom stereocenters. The monoisotopic (exact) mass is 318 g/mol. The average molecular weight is 319 g/mol. The molecule has 5 heteroatoms. The van der Waals surface area contributed by atoms with Crippen LogP contribution in [0.2, 0.25) is 5.02 Å². The van der Waals surface area contributed by atoms with Gasteiger partial charge >= 0.3 is 0 Å². The van der Waals surface area contributed by atoms with Gasteiger partial charge in [0, 0.05) is 19.1 Å². The molecule has 2 N–H and O–H groups in total. The van der Waals surface area contributed by atoms with Crippen molar-refractivity contribution in [3.05, 3.63) is 29.3 Å². The highest BCUT2D eigenvalue weighted by Crippen LogP contribution is 2.24. The van der Waals surface area contributed by atoms with E-state index in [0.29, 0.717) is 17.7 Å². The molecule has 0 aliphatic carbocycles. The number of nitrogens with two attached hydrogens (primary N) is 1. The minimum absolute atomic E-state index is 0. The fourth-order valence-electron chi connectivity index (χ4n) is 2.67. The predicted molar refractivity (Wildman–Crippen MR) is 87.0 cm³/mol. The van der Waals surface area contributed by atoms with Gasteiger partial charge in [-0.15, -0.1) is 12.4 Å². The third-order valence-electron chi connectivity index (χ3n) is 3.84. The number of piperidine rings is 1. The van der Waals surface area contributed by atoms with E-state index in [1.165, 1.54) is 12.8 Å². The van der Waals surface area contributed by atoms with Crippen LogP contribution in [0.15, 0.2) is 24.3 Å². The largest absolute Gasteiger partial charge is 0.491 e. The van der Waals surface area contributed by atoms with Crippen LogP contribution in [0.4, 0.5) is 0 Å². The Morgan fingerprint density at radius 2 is 2.15 bits per heavy atom. The summed E-state index contributed by atoms with van der Waals surface area (Å²) in [6, 6.07) is 8.10. The van der Waals surface area contributed by atoms with E-state index in [1.54, 1.807) is 0 Å². The summed E-state index contributed by atoms with van der Waals surface area (Å²) in [7, 11) is 0. The van der Waals surface area contributed by atoms with Gasteiger partial charge in [-0.1, -0.05) is 30.7 Å². The SMILES string of the molecule is CC1CCN(CCOc2ccccc2Cl)C(CN)C1.Cl. The lowest BCUT2D eigenvalue weighted by Gasteiger charge is -2.37. The summed E-state index contributed by atoms with van der Waals surface area (Å²) in [5.74, 6) is 1.55. The molecule has 1 aromatic carbocycles. The Bertz CT molecular complexity index is 403. The maximum absolute atomic E-state index is 6.06. The molecule has 0 spiro atoms. The lowest BCUT2D eigenvalue weighted by Crippen LogP contribution is -2.47. The standard InChI is InChI=1S/C15H23ClN2O.ClH/c1-12-6-7-18(13(10-12)11-17)8-9-19-15-5-3-2-4-14(15)16;/h2-5,12-13H,6-11,17H2,1H3;1H. The molecule has 0 amide bonds. The van der Waals surface area contributed by atoms with Crippen LogP contribution in [0.3, 0.4) is 0 Å². The van der Waals surface area contributed by atoms with Gasteiger partial charge in [0.15, 0.2) is 0 Å². The highest BCUT2D eigenvalue weighted by atomic mass is 35.5. The second-order valence-corrected chi connectivity index (χ2v) is 5.74. The van der Waals surface area contributed by atoms with Crippen molar-refractivity contribution in [2.75, 3.05) is 26.2 Å². The summed E-state index contributed by atoms with van der Waals surface area (Å²) >= 11 is 6.06. The maximum Gasteiger partial charge on any atom is 0.137 e. The van der Waals surface area contributed by atoms with Gasteiger partial charge in [0.05, 0.1) is 5.02 Å². The van der Waals surface area contributed by atoms with Crippen molar-refractivity contribution in [1.29, 1.82) is 0 Å². The van der Waals surface area contributed by atoms with E-state index in [4.69, 9.17) is 22.1 Å². The van der Waals surface area contributed by atoms with Crippen LogP contribution >= 0.6 is 24.0 Å². The van der Waals surface area contributed by atoms with Crippen LogP contribution in [0.1, 0.15) is 19.8 Å². The van der Waals surface area contributed by atoms with E-state index < -0.39 is 0 Å². The number of ether oxygens (including phenoxy) is 1. The zero-order valence-electron chi connectivity index (χ0n) is 11.9. The molecule has 1 aromatic rings. The number of para-hydroxylation sites is 1. The van der Waals surface area contributed by atoms with Crippen molar-refractivity contribution in [2.45, 2.75) is 25.8 Å². The van der Waals surface area contributed by atoms with Crippen molar-refractivity contribution in [3.63, 3.8) is 0 Å². The predicted octanol–water partition coefficient (Wildman–Crippen LogP) is 3.20. The van der Waals surface area contributed by atoms with Gasteiger partial charge in [0.2, 0.25) is 0 Å². The molecule has 1 aliphatic heterocycles. The molecule has 2 atom stereocenters. The Morgan fingerprint density at radius 1 is 1.40 bits per heavy atom. The summed E-state index contributed by atoms with van der Waals surface area (Å²) in [4.78, 5) is 2.44. The Kier molecular flexibility index (Phi) is 7.67. The molecule has 1 saturated heterocycles. The third-order valence-corrected chi connectivity index (χ3v) is 4.16. The van der Waals surface area contributed by atoms with E-state index in [1.807, 2.05) is 24.3 Å². The second kappa shape index (κ2) is 8.73. The van der Waals surface area contributed by atoms with Crippen LogP contribution in [0, 0.1) is 5.92 Å².